The van der Waals surface area contributed by atoms with Crippen LogP contribution in [0.1, 0.15) is 142 Å². The van der Waals surface area contributed by atoms with Crippen molar-refractivity contribution in [3.8, 4) is 0 Å². The molecule has 0 saturated heterocycles. The summed E-state index contributed by atoms with van der Waals surface area (Å²) in [4.78, 5) is 34.6. The second-order valence-electron chi connectivity index (χ2n) is 10.3. The summed E-state index contributed by atoms with van der Waals surface area (Å²) in [6, 6.07) is 0. The first-order chi connectivity index (χ1) is 19.0. The average Bonchev–Trinajstić information content (AvgIpc) is 2.91. The maximum Gasteiger partial charge on any atom is 0.322 e. The molecule has 1 atom stereocenters. The number of hydrogen-bond acceptors (Lipinski definition) is 4. The number of unbranched alkanes of at least 4 members (excludes halogenated alkanes) is 10. The van der Waals surface area contributed by atoms with Gasteiger partial charge in [0.1, 0.15) is 12.6 Å². The van der Waals surface area contributed by atoms with Gasteiger partial charge < -0.3 is 15.2 Å². The van der Waals surface area contributed by atoms with E-state index in [0.717, 1.165) is 89.9 Å². The average molecular weight is 548 g/mol. The SMILES string of the molecule is CC/C=C\C/C=C\C/C=C\CCCCCC(=O)OC(CCCCCCC)CCCCCCC(=O)NCC(=O)O. The number of amides is 1. The lowest BCUT2D eigenvalue weighted by Gasteiger charge is -2.18. The van der Waals surface area contributed by atoms with Crippen molar-refractivity contribution < 1.29 is 24.2 Å². The van der Waals surface area contributed by atoms with Gasteiger partial charge in [-0.15, -0.1) is 0 Å². The standard InChI is InChI=1S/C33H57NO5/c1-3-5-7-9-10-11-12-13-14-15-16-18-24-28-33(38)39-30(25-21-17-8-6-4-2)26-22-19-20-23-27-31(35)34-29-32(36)37/h5,7,10-11,13-14,30H,3-4,6,8-9,12,15-29H2,1-2H3,(H,34,35)(H,36,37)/b7-5-,11-10-,14-13-. The Morgan fingerprint density at radius 3 is 1.90 bits per heavy atom. The summed E-state index contributed by atoms with van der Waals surface area (Å²) in [5, 5.41) is 11.0. The van der Waals surface area contributed by atoms with Crippen LogP contribution < -0.4 is 5.32 Å². The van der Waals surface area contributed by atoms with E-state index in [9.17, 15) is 14.4 Å². The minimum absolute atomic E-state index is 0.00792. The number of rotatable bonds is 27. The van der Waals surface area contributed by atoms with Crippen molar-refractivity contribution in [3.05, 3.63) is 36.5 Å². The number of esters is 1. The zero-order valence-corrected chi connectivity index (χ0v) is 25.0. The highest BCUT2D eigenvalue weighted by molar-refractivity contribution is 5.80. The molecular weight excluding hydrogens is 490 g/mol. The van der Waals surface area contributed by atoms with Gasteiger partial charge in [0.2, 0.25) is 5.91 Å². The van der Waals surface area contributed by atoms with E-state index in [0.29, 0.717) is 12.8 Å². The summed E-state index contributed by atoms with van der Waals surface area (Å²) >= 11 is 0. The van der Waals surface area contributed by atoms with Crippen molar-refractivity contribution in [1.29, 1.82) is 0 Å². The van der Waals surface area contributed by atoms with E-state index in [2.05, 4.69) is 55.6 Å². The highest BCUT2D eigenvalue weighted by Crippen LogP contribution is 2.17. The van der Waals surface area contributed by atoms with Crippen molar-refractivity contribution in [2.24, 2.45) is 0 Å². The van der Waals surface area contributed by atoms with Crippen LogP contribution in [0.2, 0.25) is 0 Å². The highest BCUT2D eigenvalue weighted by atomic mass is 16.5. The zero-order valence-electron chi connectivity index (χ0n) is 25.0. The number of carboxylic acid groups (broad SMARTS) is 1. The van der Waals surface area contributed by atoms with Gasteiger partial charge in [-0.2, -0.15) is 0 Å². The quantitative estimate of drug-likeness (QED) is 0.0610. The molecule has 0 radical (unpaired) electrons. The third-order valence-electron chi connectivity index (χ3n) is 6.58. The Morgan fingerprint density at radius 1 is 0.692 bits per heavy atom. The molecule has 39 heavy (non-hydrogen) atoms. The van der Waals surface area contributed by atoms with Gasteiger partial charge in [-0.3, -0.25) is 14.4 Å². The van der Waals surface area contributed by atoms with Crippen LogP contribution >= 0.6 is 0 Å². The van der Waals surface area contributed by atoms with Crippen LogP contribution in [0.5, 0.6) is 0 Å². The van der Waals surface area contributed by atoms with Crippen molar-refractivity contribution in [1.82, 2.24) is 5.32 Å². The van der Waals surface area contributed by atoms with E-state index in [-0.39, 0.29) is 24.5 Å². The van der Waals surface area contributed by atoms with Crippen LogP contribution in [0.4, 0.5) is 0 Å². The Kier molecular flexibility index (Phi) is 26.9. The number of ether oxygens (including phenoxy) is 1. The number of hydrogen-bond donors (Lipinski definition) is 2. The van der Waals surface area contributed by atoms with Gasteiger partial charge in [0.05, 0.1) is 0 Å². The predicted molar refractivity (Wildman–Crippen MR) is 162 cm³/mol. The van der Waals surface area contributed by atoms with Crippen molar-refractivity contribution in [2.75, 3.05) is 6.54 Å². The molecule has 6 heteroatoms. The van der Waals surface area contributed by atoms with Crippen molar-refractivity contribution in [2.45, 2.75) is 148 Å². The first kappa shape index (κ1) is 36.6. The van der Waals surface area contributed by atoms with Crippen LogP contribution in [0.15, 0.2) is 36.5 Å². The highest BCUT2D eigenvalue weighted by Gasteiger charge is 2.14. The fourth-order valence-corrected chi connectivity index (χ4v) is 4.29. The molecule has 224 valence electrons. The van der Waals surface area contributed by atoms with Gasteiger partial charge in [-0.25, -0.2) is 0 Å². The normalized spacial score (nSPS) is 12.5. The number of aliphatic carboxylic acids is 1. The molecule has 0 aromatic carbocycles. The van der Waals surface area contributed by atoms with Gasteiger partial charge in [0.25, 0.3) is 0 Å². The van der Waals surface area contributed by atoms with E-state index in [1.807, 2.05) is 0 Å². The summed E-state index contributed by atoms with van der Waals surface area (Å²) in [6.45, 7) is 4.03. The van der Waals surface area contributed by atoms with Gasteiger partial charge in [0, 0.05) is 12.8 Å². The van der Waals surface area contributed by atoms with Crippen LogP contribution in [0, 0.1) is 0 Å². The molecule has 1 amide bonds. The van der Waals surface area contributed by atoms with Gasteiger partial charge in [-0.1, -0.05) is 95.2 Å². The van der Waals surface area contributed by atoms with E-state index >= 15 is 0 Å². The molecule has 0 saturated carbocycles. The number of allylic oxidation sites excluding steroid dienone is 6. The second kappa shape index (κ2) is 28.6. The van der Waals surface area contributed by atoms with E-state index in [1.54, 1.807) is 0 Å². The zero-order chi connectivity index (χ0) is 28.8. The minimum atomic E-state index is -1.03. The topological polar surface area (TPSA) is 92.7 Å². The largest absolute Gasteiger partial charge is 0.480 e. The lowest BCUT2D eigenvalue weighted by Crippen LogP contribution is -2.28. The van der Waals surface area contributed by atoms with E-state index < -0.39 is 5.97 Å². The van der Waals surface area contributed by atoms with Gasteiger partial charge in [-0.05, 0) is 70.6 Å². The van der Waals surface area contributed by atoms with Crippen molar-refractivity contribution >= 4 is 17.8 Å². The third kappa shape index (κ3) is 28.5. The molecule has 6 nitrogen and oxygen atoms in total. The molecule has 0 spiro atoms. The summed E-state index contributed by atoms with van der Waals surface area (Å²) in [5.74, 6) is -1.31. The summed E-state index contributed by atoms with van der Waals surface area (Å²) in [5.41, 5.74) is 0. The lowest BCUT2D eigenvalue weighted by atomic mass is 10.0. The smallest absolute Gasteiger partial charge is 0.322 e. The molecule has 0 aliphatic rings. The maximum atomic E-state index is 12.5. The molecule has 1 unspecified atom stereocenters. The maximum absolute atomic E-state index is 12.5. The molecule has 0 aromatic heterocycles. The third-order valence-corrected chi connectivity index (χ3v) is 6.58. The minimum Gasteiger partial charge on any atom is -0.480 e. The molecule has 0 rings (SSSR count). The fraction of sp³-hybridized carbons (Fsp3) is 0.727. The monoisotopic (exact) mass is 547 g/mol. The molecule has 2 N–H and O–H groups in total. The van der Waals surface area contributed by atoms with Gasteiger partial charge >= 0.3 is 11.9 Å². The molecule has 0 bridgehead atoms. The Labute approximate surface area is 238 Å². The summed E-state index contributed by atoms with van der Waals surface area (Å²) < 4.78 is 5.88. The lowest BCUT2D eigenvalue weighted by molar-refractivity contribution is -0.150. The fourth-order valence-electron chi connectivity index (χ4n) is 4.29. The second-order valence-corrected chi connectivity index (χ2v) is 10.3. The van der Waals surface area contributed by atoms with Crippen molar-refractivity contribution in [3.63, 3.8) is 0 Å². The molecule has 0 heterocycles. The van der Waals surface area contributed by atoms with E-state index in [4.69, 9.17) is 9.84 Å². The molecular formula is C33H57NO5. The van der Waals surface area contributed by atoms with E-state index in [1.165, 1.54) is 25.7 Å². The van der Waals surface area contributed by atoms with Gasteiger partial charge in [0.15, 0.2) is 0 Å². The van der Waals surface area contributed by atoms with Crippen LogP contribution in [-0.4, -0.2) is 35.6 Å². The number of carbonyl (C=O) groups is 3. The predicted octanol–water partition coefficient (Wildman–Crippen LogP) is 8.61. The number of carbonyl (C=O) groups excluding carboxylic acids is 2. The molecule has 0 fully saturated rings. The number of carboxylic acids is 1. The molecule has 0 aliphatic heterocycles. The van der Waals surface area contributed by atoms with Crippen LogP contribution in [0.25, 0.3) is 0 Å². The van der Waals surface area contributed by atoms with Crippen LogP contribution in [-0.2, 0) is 19.1 Å². The first-order valence-electron chi connectivity index (χ1n) is 15.6. The first-order valence-corrected chi connectivity index (χ1v) is 15.6. The number of nitrogens with one attached hydrogen (secondary N) is 1. The Balaban J connectivity index is 4.10. The Morgan fingerprint density at radius 2 is 1.26 bits per heavy atom. The molecule has 0 aromatic rings. The Hall–Kier alpha value is -2.37. The summed E-state index contributed by atoms with van der Waals surface area (Å²) in [7, 11) is 0. The Bertz CT molecular complexity index is 698. The summed E-state index contributed by atoms with van der Waals surface area (Å²) in [6.07, 6.45) is 32.7. The van der Waals surface area contributed by atoms with Crippen LogP contribution in [0.3, 0.4) is 0 Å². The molecule has 0 aliphatic carbocycles.